The maximum Gasteiger partial charge on any atom is 0.256 e. The van der Waals surface area contributed by atoms with E-state index < -0.39 is 0 Å². The molecule has 0 aromatic carbocycles. The summed E-state index contributed by atoms with van der Waals surface area (Å²) >= 11 is 0. The SMILES string of the molecule is CN(CCc1ccc[nH]1)C(=O)c1cnccc1C#N. The maximum atomic E-state index is 12.2. The molecule has 0 aliphatic carbocycles. The second-order valence-electron chi connectivity index (χ2n) is 4.21. The number of pyridine rings is 1. The Bertz CT molecular complexity index is 598. The second-order valence-corrected chi connectivity index (χ2v) is 4.21. The number of amides is 1. The lowest BCUT2D eigenvalue weighted by atomic mass is 10.1. The molecule has 0 saturated heterocycles. The summed E-state index contributed by atoms with van der Waals surface area (Å²) in [5.41, 5.74) is 1.78. The average molecular weight is 254 g/mol. The molecule has 5 nitrogen and oxygen atoms in total. The van der Waals surface area contributed by atoms with Crippen molar-refractivity contribution < 1.29 is 4.79 Å². The predicted octanol–water partition coefficient (Wildman–Crippen LogP) is 1.60. The summed E-state index contributed by atoms with van der Waals surface area (Å²) in [6, 6.07) is 7.45. The smallest absolute Gasteiger partial charge is 0.256 e. The number of nitrogens with zero attached hydrogens (tertiary/aromatic N) is 3. The van der Waals surface area contributed by atoms with Gasteiger partial charge in [0.2, 0.25) is 0 Å². The van der Waals surface area contributed by atoms with E-state index in [1.165, 1.54) is 12.4 Å². The Morgan fingerprint density at radius 3 is 3.05 bits per heavy atom. The average Bonchev–Trinajstić information content (AvgIpc) is 2.97. The number of nitrogens with one attached hydrogen (secondary N) is 1. The minimum atomic E-state index is -0.184. The van der Waals surface area contributed by atoms with Crippen LogP contribution in [-0.2, 0) is 6.42 Å². The van der Waals surface area contributed by atoms with Gasteiger partial charge in [-0.2, -0.15) is 5.26 Å². The van der Waals surface area contributed by atoms with Crippen LogP contribution in [0.4, 0.5) is 0 Å². The lowest BCUT2D eigenvalue weighted by Crippen LogP contribution is -2.29. The molecule has 2 rings (SSSR count). The van der Waals surface area contributed by atoms with Crippen molar-refractivity contribution in [2.45, 2.75) is 6.42 Å². The van der Waals surface area contributed by atoms with Gasteiger partial charge in [-0.15, -0.1) is 0 Å². The van der Waals surface area contributed by atoms with E-state index >= 15 is 0 Å². The Hall–Kier alpha value is -2.61. The van der Waals surface area contributed by atoms with Crippen LogP contribution in [-0.4, -0.2) is 34.4 Å². The summed E-state index contributed by atoms with van der Waals surface area (Å²) in [5.74, 6) is -0.184. The monoisotopic (exact) mass is 254 g/mol. The Balaban J connectivity index is 2.05. The molecule has 5 heteroatoms. The van der Waals surface area contributed by atoms with Gasteiger partial charge in [-0.05, 0) is 18.2 Å². The number of aromatic amines is 1. The van der Waals surface area contributed by atoms with E-state index in [4.69, 9.17) is 5.26 Å². The largest absolute Gasteiger partial charge is 0.365 e. The molecule has 1 amide bonds. The fourth-order valence-electron chi connectivity index (χ4n) is 1.78. The molecule has 0 aliphatic rings. The number of likely N-dealkylation sites (N-methyl/N-ethyl adjacent to an activating group) is 1. The molecule has 1 N–H and O–H groups in total. The summed E-state index contributed by atoms with van der Waals surface area (Å²) < 4.78 is 0. The fourth-order valence-corrected chi connectivity index (χ4v) is 1.78. The molecule has 0 aliphatic heterocycles. The minimum Gasteiger partial charge on any atom is -0.365 e. The Morgan fingerprint density at radius 2 is 2.37 bits per heavy atom. The van der Waals surface area contributed by atoms with Crippen molar-refractivity contribution in [2.75, 3.05) is 13.6 Å². The van der Waals surface area contributed by atoms with E-state index in [-0.39, 0.29) is 5.91 Å². The van der Waals surface area contributed by atoms with E-state index in [1.807, 2.05) is 24.4 Å². The molecule has 0 fully saturated rings. The van der Waals surface area contributed by atoms with Gasteiger partial charge in [-0.25, -0.2) is 0 Å². The molecular weight excluding hydrogens is 240 g/mol. The molecule has 2 heterocycles. The number of carbonyl (C=O) groups excluding carboxylic acids is 1. The normalized spacial score (nSPS) is 9.89. The van der Waals surface area contributed by atoms with Crippen molar-refractivity contribution in [1.82, 2.24) is 14.9 Å². The molecule has 96 valence electrons. The van der Waals surface area contributed by atoms with E-state index in [0.717, 1.165) is 12.1 Å². The van der Waals surface area contributed by atoms with Crippen LogP contribution in [0.3, 0.4) is 0 Å². The number of hydrogen-bond acceptors (Lipinski definition) is 3. The van der Waals surface area contributed by atoms with Gasteiger partial charge >= 0.3 is 0 Å². The second kappa shape index (κ2) is 5.83. The zero-order chi connectivity index (χ0) is 13.7. The highest BCUT2D eigenvalue weighted by molar-refractivity contribution is 5.96. The number of nitriles is 1. The van der Waals surface area contributed by atoms with E-state index in [1.54, 1.807) is 18.0 Å². The van der Waals surface area contributed by atoms with E-state index in [9.17, 15) is 4.79 Å². The summed E-state index contributed by atoms with van der Waals surface area (Å²) in [7, 11) is 1.72. The zero-order valence-corrected chi connectivity index (χ0v) is 10.6. The third-order valence-corrected chi connectivity index (χ3v) is 2.90. The number of rotatable bonds is 4. The molecule has 0 spiro atoms. The summed E-state index contributed by atoms with van der Waals surface area (Å²) in [6.07, 6.45) is 5.55. The number of H-pyrrole nitrogens is 1. The van der Waals surface area contributed by atoms with Gasteiger partial charge in [0, 0.05) is 44.3 Å². The minimum absolute atomic E-state index is 0.184. The molecule has 2 aromatic rings. The lowest BCUT2D eigenvalue weighted by molar-refractivity contribution is 0.0795. The zero-order valence-electron chi connectivity index (χ0n) is 10.6. The maximum absolute atomic E-state index is 12.2. The van der Waals surface area contributed by atoms with Gasteiger partial charge in [-0.3, -0.25) is 9.78 Å². The van der Waals surface area contributed by atoms with Gasteiger partial charge in [0.25, 0.3) is 5.91 Å². The molecule has 0 bridgehead atoms. The molecule has 0 saturated carbocycles. The van der Waals surface area contributed by atoms with Crippen LogP contribution < -0.4 is 0 Å². The number of aromatic nitrogens is 2. The quantitative estimate of drug-likeness (QED) is 0.900. The van der Waals surface area contributed by atoms with Crippen LogP contribution >= 0.6 is 0 Å². The van der Waals surface area contributed by atoms with E-state index in [2.05, 4.69) is 9.97 Å². The molecule has 0 radical (unpaired) electrons. The Labute approximate surface area is 111 Å². The van der Waals surface area contributed by atoms with Crippen molar-refractivity contribution >= 4 is 5.91 Å². The number of hydrogen-bond donors (Lipinski definition) is 1. The van der Waals surface area contributed by atoms with Gasteiger partial charge in [-0.1, -0.05) is 0 Å². The van der Waals surface area contributed by atoms with Crippen LogP contribution in [0.25, 0.3) is 0 Å². The van der Waals surface area contributed by atoms with Gasteiger partial charge in [0.1, 0.15) is 6.07 Å². The van der Waals surface area contributed by atoms with Crippen molar-refractivity contribution in [3.8, 4) is 6.07 Å². The third kappa shape index (κ3) is 2.99. The predicted molar refractivity (Wildman–Crippen MR) is 70.4 cm³/mol. The molecular formula is C14H14N4O. The highest BCUT2D eigenvalue weighted by Gasteiger charge is 2.15. The van der Waals surface area contributed by atoms with Crippen molar-refractivity contribution in [3.63, 3.8) is 0 Å². The van der Waals surface area contributed by atoms with Crippen molar-refractivity contribution in [3.05, 3.63) is 53.6 Å². The van der Waals surface area contributed by atoms with Gasteiger partial charge in [0.05, 0.1) is 11.1 Å². The summed E-state index contributed by atoms with van der Waals surface area (Å²) in [4.78, 5) is 20.8. The number of carbonyl (C=O) groups is 1. The Morgan fingerprint density at radius 1 is 1.53 bits per heavy atom. The molecule has 0 unspecified atom stereocenters. The van der Waals surface area contributed by atoms with Crippen molar-refractivity contribution in [1.29, 1.82) is 5.26 Å². The highest BCUT2D eigenvalue weighted by Crippen LogP contribution is 2.09. The lowest BCUT2D eigenvalue weighted by Gasteiger charge is -2.17. The molecule has 2 aromatic heterocycles. The first kappa shape index (κ1) is 12.8. The first-order valence-corrected chi connectivity index (χ1v) is 5.94. The van der Waals surface area contributed by atoms with Crippen LogP contribution in [0.1, 0.15) is 21.6 Å². The van der Waals surface area contributed by atoms with Crippen LogP contribution in [0, 0.1) is 11.3 Å². The standard InChI is InChI=1S/C14H14N4O/c1-18(8-5-12-3-2-6-17-12)14(19)13-10-16-7-4-11(13)9-15/h2-4,6-7,10,17H,5,8H2,1H3. The molecule has 0 atom stereocenters. The van der Waals surface area contributed by atoms with Crippen molar-refractivity contribution in [2.24, 2.45) is 0 Å². The summed E-state index contributed by atoms with van der Waals surface area (Å²) in [5, 5.41) is 8.98. The fraction of sp³-hybridized carbons (Fsp3) is 0.214. The third-order valence-electron chi connectivity index (χ3n) is 2.90. The van der Waals surface area contributed by atoms with Crippen LogP contribution in [0.5, 0.6) is 0 Å². The first-order chi connectivity index (χ1) is 9.22. The molecule has 19 heavy (non-hydrogen) atoms. The van der Waals surface area contributed by atoms with E-state index in [0.29, 0.717) is 17.7 Å². The van der Waals surface area contributed by atoms with Crippen LogP contribution in [0.15, 0.2) is 36.8 Å². The van der Waals surface area contributed by atoms with Gasteiger partial charge in [0.15, 0.2) is 0 Å². The Kier molecular flexibility index (Phi) is 3.94. The summed E-state index contributed by atoms with van der Waals surface area (Å²) in [6.45, 7) is 0.582. The van der Waals surface area contributed by atoms with Gasteiger partial charge < -0.3 is 9.88 Å². The topological polar surface area (TPSA) is 72.8 Å². The van der Waals surface area contributed by atoms with Crippen LogP contribution in [0.2, 0.25) is 0 Å². The first-order valence-electron chi connectivity index (χ1n) is 5.94. The highest BCUT2D eigenvalue weighted by atomic mass is 16.2.